The molecule has 0 radical (unpaired) electrons. The molecular formula is C6H40Ca16N2Na16O24P8. The molecule has 0 aliphatic heterocycles. The maximum Gasteiger partial charge on any atom is 1.00 e. The van der Waals surface area contributed by atoms with E-state index in [1.54, 1.807) is 0 Å². The summed E-state index contributed by atoms with van der Waals surface area (Å²) in [5, 5.41) is 0. The van der Waals surface area contributed by atoms with Crippen LogP contribution in [0.2, 0.25) is 0 Å². The molecule has 0 N–H and O–H groups in total. The van der Waals surface area contributed by atoms with Crippen LogP contribution in [0.15, 0.2) is 0 Å². The Balaban J connectivity index is -0.0000000153. The van der Waals surface area contributed by atoms with Crippen molar-refractivity contribution in [1.29, 1.82) is 0 Å². The zero-order chi connectivity index (χ0) is 32.9. The minimum absolute atomic E-state index is 0. The van der Waals surface area contributed by atoms with Crippen molar-refractivity contribution in [2.24, 2.45) is 0 Å². The topological polar surface area (TPSA) is 512 Å². The monoisotopic (exact) mass is 1780 g/mol. The first-order valence-electron chi connectivity index (χ1n) is 8.61. The third kappa shape index (κ3) is 107. The minimum Gasteiger partial charge on any atom is 1.00 e. The van der Waals surface area contributed by atoms with Crippen LogP contribution in [0, 0.1) is 0 Å². The van der Waals surface area contributed by atoms with Gasteiger partial charge in [-0.15, -0.1) is 0 Å². The predicted octanol–water partition coefficient (Wildman–Crippen LogP) is -76.6. The van der Waals surface area contributed by atoms with Crippen molar-refractivity contribution < 1.29 is 588 Å². The van der Waals surface area contributed by atoms with Gasteiger partial charge in [0.15, 0.2) is 0 Å². The van der Waals surface area contributed by atoms with Gasteiger partial charge in [0, 0.05) is 13.1 Å². The molecule has 0 rings (SSSR count). The van der Waals surface area contributed by atoms with Crippen LogP contribution in [-0.2, 0) is 36.5 Å². The molecule has 0 unspecified atom stereocenters. The summed E-state index contributed by atoms with van der Waals surface area (Å²) in [6.07, 6.45) is 0. The summed E-state index contributed by atoms with van der Waals surface area (Å²) in [6.45, 7) is -5.62. The largest absolute Gasteiger partial charge is 1.00 e. The molecule has 26 nitrogen and oxygen atoms in total. The second-order valence-corrected chi connectivity index (χ2v) is 21.4. The number of hydrogen-bond donors (Lipinski definition) is 0. The van der Waals surface area contributed by atoms with E-state index in [-0.39, 0.29) is 1080 Å². The quantitative estimate of drug-likeness (QED) is 0.108. The zero-order valence-corrected chi connectivity index (χ0v) is 73.1. The van der Waals surface area contributed by atoms with Crippen LogP contribution in [0.3, 0.4) is 0 Å². The molecule has 0 aliphatic rings. The fraction of sp³-hybridized carbons (Fsp3) is 1.00. The summed E-state index contributed by atoms with van der Waals surface area (Å²) in [5.74, 6) is 0. The first-order chi connectivity index (χ1) is 17.0. The van der Waals surface area contributed by atoms with Gasteiger partial charge in [-0.2, -0.15) is 0 Å². The third-order valence-corrected chi connectivity index (χ3v) is 17.8. The predicted molar refractivity (Wildman–Crippen MR) is 226 cm³/mol. The van der Waals surface area contributed by atoms with E-state index in [0.717, 1.165) is 0 Å². The molecule has 0 spiro atoms. The molecule has 0 fully saturated rings. The third-order valence-electron chi connectivity index (χ3n) is 4.07. The standard InChI is InChI=1S/C6H24N2O24P8.16Ca.16Na.32H/c9-33(10,11)3(34(12,13)14)7(4(35(15,16)17)36(18,19)20)1-2-8(5(37(21,22)23)38(24,25)26)6(39(27,28)29)40(30,31)32;;;;;;;;;;;;;;;;;;;;;;;;;;;;;;;;;;;;;;;;;;;;;;;;;;;;;;;;;;;;;;;;/h3-6H,1-2H2,(H2,9,10,11)(H2,12,13,14)(H2,15,16,17)(H2,18,19,20)(H2,21,22,23)(H2,24,25,26)(H2,27,28,29)(H2,30,31,32);;;;;;;;;;;;;;;;;;;;;;;;;;;;;;;;;;;;;;;;;;;;;;;;;;;;;;;;;;;;;;;;/q;;;;;;;;;;;;;;;;;16*+1;;;;;;;;;;;;;;;;;;;;;;;;;;;;;;;;/p-16. The number of rotatable bonds is 15. The Morgan fingerprint density at radius 3 is 0.292 bits per heavy atom. The molecule has 0 amide bonds. The van der Waals surface area contributed by atoms with E-state index >= 15 is 0 Å². The molecule has 0 saturated carbocycles. The first-order valence-corrected chi connectivity index (χ1v) is 21.5. The van der Waals surface area contributed by atoms with E-state index < -0.39 is 106 Å². The van der Waals surface area contributed by atoms with Gasteiger partial charge in [0.05, 0.1) is 22.1 Å². The van der Waals surface area contributed by atoms with Crippen LogP contribution in [-0.4, -0.2) is 649 Å². The van der Waals surface area contributed by atoms with Gasteiger partial charge in [-0.25, -0.2) is 0 Å². The molecule has 0 aromatic rings. The van der Waals surface area contributed by atoms with Gasteiger partial charge >= 0.3 is 1080 Å². The second-order valence-electron chi connectivity index (χ2n) is 7.18. The van der Waals surface area contributed by atoms with Crippen molar-refractivity contribution in [3.63, 3.8) is 0 Å². The van der Waals surface area contributed by atoms with E-state index in [0.29, 0.717) is 0 Å². The molecule has 0 atom stereocenters. The summed E-state index contributed by atoms with van der Waals surface area (Å²) in [7, 11) is -59.0. The van der Waals surface area contributed by atoms with Gasteiger partial charge in [0.25, 0.3) is 0 Å². The van der Waals surface area contributed by atoms with Gasteiger partial charge in [0.1, 0.15) is 0 Å². The molecule has 0 bridgehead atoms. The summed E-state index contributed by atoms with van der Waals surface area (Å²) in [4.78, 5) is 179. The SMILES string of the molecule is O=P([O-])([O-])C(N(CCN(C(P(=O)([O-])[O-])P(=O)([O-])[O-])C(P(=O)([O-])[O-])P(=O)([O-])[O-])C(P(=O)([O-])[O-])P(=O)([O-])[O-])P(=O)([O-])[O-].[CaH2].[CaH2].[CaH2].[CaH2].[CaH2].[CaH2].[CaH2].[CaH2].[CaH2].[CaH2].[CaH2].[CaH2].[CaH2].[CaH2].[CaH2].[CaH2].[Na+].[Na+].[Na+].[Na+].[Na+].[Na+].[Na+].[Na+].[Na+].[Na+].[Na+].[Na+].[Na+].[Na+].[Na+].[Na+]. The smallest absolute Gasteiger partial charge is 1.00 e. The Labute approximate surface area is 1250 Å². The molecule has 0 aromatic carbocycles. The van der Waals surface area contributed by atoms with Crippen molar-refractivity contribution in [2.75, 3.05) is 13.1 Å². The normalized spacial score (nSPS) is 8.81. The minimum atomic E-state index is -7.38. The van der Waals surface area contributed by atoms with Crippen molar-refractivity contribution in [2.45, 2.75) is 22.1 Å². The second kappa shape index (κ2) is 112. The van der Waals surface area contributed by atoms with Crippen LogP contribution in [0.5, 0.6) is 0 Å². The van der Waals surface area contributed by atoms with Crippen LogP contribution >= 0.6 is 60.8 Å². The van der Waals surface area contributed by atoms with Crippen molar-refractivity contribution in [3.8, 4) is 0 Å². The Morgan fingerprint density at radius 1 is 0.194 bits per heavy atom. The maximum absolute atomic E-state index is 11.4. The van der Waals surface area contributed by atoms with Gasteiger partial charge in [-0.05, 0) is 60.8 Å². The van der Waals surface area contributed by atoms with Crippen LogP contribution in [0.4, 0.5) is 0 Å². The molecule has 0 aliphatic carbocycles. The Kier molecular flexibility index (Phi) is 344. The zero-order valence-electron chi connectivity index (χ0n) is 34.0. The molecule has 306 valence electrons. The maximum atomic E-state index is 11.4. The molecule has 66 heteroatoms. The molecule has 72 heavy (non-hydrogen) atoms. The van der Waals surface area contributed by atoms with E-state index in [4.69, 9.17) is 0 Å². The molecule has 0 saturated heterocycles. The van der Waals surface area contributed by atoms with E-state index in [2.05, 4.69) is 0 Å². The van der Waals surface area contributed by atoms with E-state index in [9.17, 15) is 115 Å². The van der Waals surface area contributed by atoms with Crippen molar-refractivity contribution in [3.05, 3.63) is 0 Å². The average Bonchev–Trinajstić information content (AvgIpc) is 2.48. The fourth-order valence-electron chi connectivity index (χ4n) is 3.08. The van der Waals surface area contributed by atoms with E-state index in [1.165, 1.54) is 0 Å². The van der Waals surface area contributed by atoms with Crippen LogP contribution in [0.1, 0.15) is 0 Å². The first kappa shape index (κ1) is 220. The summed E-state index contributed by atoms with van der Waals surface area (Å²) in [6, 6.07) is 0. The van der Waals surface area contributed by atoms with Crippen molar-refractivity contribution >= 4 is 665 Å². The van der Waals surface area contributed by atoms with Gasteiger partial charge in [-0.3, -0.25) is 9.80 Å². The average molecular weight is 1780 g/mol. The van der Waals surface area contributed by atoms with Crippen molar-refractivity contribution in [1.82, 2.24) is 9.80 Å². The van der Waals surface area contributed by atoms with Crippen LogP contribution < -0.4 is 551 Å². The summed E-state index contributed by atoms with van der Waals surface area (Å²) >= 11 is 0. The van der Waals surface area contributed by atoms with Crippen LogP contribution in [0.25, 0.3) is 0 Å². The van der Waals surface area contributed by atoms with Gasteiger partial charge < -0.3 is 115 Å². The Morgan fingerprint density at radius 2 is 0.250 bits per heavy atom. The molecule has 0 heterocycles. The number of hydrogen-bond acceptors (Lipinski definition) is 26. The molecular weight excluding hydrogens is 1740 g/mol. The Hall–Kier alpha value is 37.3. The number of nitrogens with zero attached hydrogens (tertiary/aromatic N) is 2. The fourth-order valence-corrected chi connectivity index (χ4v) is 14.4. The van der Waals surface area contributed by atoms with Gasteiger partial charge in [0.2, 0.25) is 0 Å². The Bertz CT molecular complexity index is 1110. The molecule has 0 aromatic heterocycles. The van der Waals surface area contributed by atoms with Gasteiger partial charge in [-0.1, -0.05) is 0 Å². The summed E-state index contributed by atoms with van der Waals surface area (Å²) < 4.78 is 91.3. The summed E-state index contributed by atoms with van der Waals surface area (Å²) in [5.41, 5.74) is -18.9. The van der Waals surface area contributed by atoms with E-state index in [1.807, 2.05) is 0 Å².